The number of para-hydroxylation sites is 2. The highest BCUT2D eigenvalue weighted by Gasteiger charge is 2.42. The lowest BCUT2D eigenvalue weighted by Gasteiger charge is -2.29. The number of benzene rings is 3. The maximum Gasteiger partial charge on any atom is 0.442 e. The van der Waals surface area contributed by atoms with Gasteiger partial charge in [-0.25, -0.2) is 4.57 Å². The number of hydrogen-bond donors (Lipinski definition) is 0. The van der Waals surface area contributed by atoms with Crippen molar-refractivity contribution in [1.29, 1.82) is 0 Å². The van der Waals surface area contributed by atoms with E-state index < -0.39 is 13.3 Å². The zero-order chi connectivity index (χ0) is 22.8. The lowest BCUT2D eigenvalue weighted by Crippen LogP contribution is -2.13. The van der Waals surface area contributed by atoms with Crippen LogP contribution >= 0.6 is 7.60 Å². The minimum Gasteiger partial charge on any atom is -0.415 e. The Bertz CT molecular complexity index is 968. The Morgan fingerprint density at radius 1 is 0.812 bits per heavy atom. The Labute approximate surface area is 192 Å². The van der Waals surface area contributed by atoms with E-state index in [0.717, 1.165) is 36.0 Å². The molecular formula is C28H33O3P. The molecule has 32 heavy (non-hydrogen) atoms. The third kappa shape index (κ3) is 6.61. The molecule has 0 saturated heterocycles. The van der Waals surface area contributed by atoms with E-state index in [2.05, 4.69) is 13.5 Å². The van der Waals surface area contributed by atoms with Crippen LogP contribution in [0.2, 0.25) is 0 Å². The molecule has 3 nitrogen and oxygen atoms in total. The van der Waals surface area contributed by atoms with Gasteiger partial charge in [-0.2, -0.15) is 0 Å². The van der Waals surface area contributed by atoms with Crippen molar-refractivity contribution in [2.75, 3.05) is 0 Å². The number of aryl methyl sites for hydroxylation is 1. The van der Waals surface area contributed by atoms with Crippen LogP contribution in [0.3, 0.4) is 0 Å². The minimum atomic E-state index is -3.72. The molecule has 3 aromatic rings. The Hall–Kier alpha value is -2.77. The quantitative estimate of drug-likeness (QED) is 0.158. The average Bonchev–Trinajstić information content (AvgIpc) is 2.79. The first-order valence-electron chi connectivity index (χ1n) is 11.3. The van der Waals surface area contributed by atoms with E-state index in [9.17, 15) is 4.57 Å². The molecule has 0 radical (unpaired) electrons. The molecule has 0 aliphatic rings. The Balaban J connectivity index is 2.01. The first-order valence-corrected chi connectivity index (χ1v) is 13.0. The van der Waals surface area contributed by atoms with Gasteiger partial charge in [0.1, 0.15) is 17.2 Å². The second kappa shape index (κ2) is 11.7. The summed E-state index contributed by atoms with van der Waals surface area (Å²) in [7, 11) is -3.72. The van der Waals surface area contributed by atoms with Gasteiger partial charge in [0.05, 0.1) is 0 Å². The summed E-state index contributed by atoms with van der Waals surface area (Å²) >= 11 is 0. The normalized spacial score (nSPS) is 12.2. The summed E-state index contributed by atoms with van der Waals surface area (Å²) in [6.45, 7) is 8.60. The van der Waals surface area contributed by atoms with Crippen molar-refractivity contribution in [2.24, 2.45) is 0 Å². The molecule has 0 saturated carbocycles. The van der Waals surface area contributed by atoms with Gasteiger partial charge < -0.3 is 9.05 Å². The van der Waals surface area contributed by atoms with E-state index in [1.807, 2.05) is 67.6 Å². The zero-order valence-corrected chi connectivity index (χ0v) is 20.0. The molecule has 0 aliphatic heterocycles. The molecule has 0 bridgehead atoms. The topological polar surface area (TPSA) is 35.5 Å². The van der Waals surface area contributed by atoms with Crippen LogP contribution in [0.15, 0.2) is 97.1 Å². The van der Waals surface area contributed by atoms with Crippen LogP contribution < -0.4 is 9.05 Å². The van der Waals surface area contributed by atoms with E-state index in [0.29, 0.717) is 11.5 Å². The standard InChI is InChI=1S/C28H33O3P/c1-4-5-6-9-14-24(3)28(25-21-19-23(2)20-22-25)32(29,30-26-15-10-7-11-16-26)31-27-17-12-8-13-18-27/h7-8,10-13,15-22,28H,3-6,9,14H2,1-2H3. The third-order valence-electron chi connectivity index (χ3n) is 5.40. The molecule has 4 heteroatoms. The Morgan fingerprint density at radius 3 is 1.84 bits per heavy atom. The van der Waals surface area contributed by atoms with Crippen molar-refractivity contribution in [3.8, 4) is 11.5 Å². The lowest BCUT2D eigenvalue weighted by atomic mass is 9.99. The molecule has 0 heterocycles. The SMILES string of the molecule is C=C(CCCCCC)C(c1ccc(C)cc1)P(=O)(Oc1ccccc1)Oc1ccccc1. The van der Waals surface area contributed by atoms with Crippen LogP contribution in [0, 0.1) is 6.92 Å². The summed E-state index contributed by atoms with van der Waals surface area (Å²) in [5, 5.41) is 0. The smallest absolute Gasteiger partial charge is 0.415 e. The van der Waals surface area contributed by atoms with Gasteiger partial charge in [0.2, 0.25) is 0 Å². The van der Waals surface area contributed by atoms with E-state index in [1.165, 1.54) is 12.8 Å². The highest BCUT2D eigenvalue weighted by Crippen LogP contribution is 2.63. The first-order chi connectivity index (χ1) is 15.5. The molecule has 3 rings (SSSR count). The van der Waals surface area contributed by atoms with Crippen molar-refractivity contribution in [1.82, 2.24) is 0 Å². The molecule has 0 N–H and O–H groups in total. The maximum absolute atomic E-state index is 14.6. The molecule has 0 aliphatic carbocycles. The van der Waals surface area contributed by atoms with Crippen molar-refractivity contribution < 1.29 is 13.6 Å². The Morgan fingerprint density at radius 2 is 1.34 bits per heavy atom. The zero-order valence-electron chi connectivity index (χ0n) is 19.1. The van der Waals surface area contributed by atoms with Crippen molar-refractivity contribution in [2.45, 2.75) is 51.6 Å². The molecule has 0 fully saturated rings. The maximum atomic E-state index is 14.6. The average molecular weight is 449 g/mol. The molecule has 0 spiro atoms. The van der Waals surface area contributed by atoms with Gasteiger partial charge in [0, 0.05) is 0 Å². The summed E-state index contributed by atoms with van der Waals surface area (Å²) in [4.78, 5) is 0. The predicted molar refractivity (Wildman–Crippen MR) is 134 cm³/mol. The van der Waals surface area contributed by atoms with Gasteiger partial charge in [0.15, 0.2) is 0 Å². The monoisotopic (exact) mass is 448 g/mol. The van der Waals surface area contributed by atoms with Gasteiger partial charge in [0.25, 0.3) is 0 Å². The van der Waals surface area contributed by atoms with E-state index >= 15 is 0 Å². The van der Waals surface area contributed by atoms with Crippen LogP contribution in [-0.4, -0.2) is 0 Å². The summed E-state index contributed by atoms with van der Waals surface area (Å²) in [5.41, 5.74) is 2.35. The lowest BCUT2D eigenvalue weighted by molar-refractivity contribution is 0.376. The minimum absolute atomic E-state index is 0.516. The third-order valence-corrected chi connectivity index (χ3v) is 7.63. The van der Waals surface area contributed by atoms with E-state index in [4.69, 9.17) is 9.05 Å². The number of unbranched alkanes of at least 4 members (excludes halogenated alkanes) is 3. The van der Waals surface area contributed by atoms with Gasteiger partial charge in [-0.05, 0) is 49.6 Å². The molecular weight excluding hydrogens is 415 g/mol. The highest BCUT2D eigenvalue weighted by molar-refractivity contribution is 7.55. The summed E-state index contributed by atoms with van der Waals surface area (Å²) in [5.74, 6) is 1.03. The molecule has 3 aromatic carbocycles. The largest absolute Gasteiger partial charge is 0.442 e. The first kappa shape index (κ1) is 23.9. The number of rotatable bonds is 12. The van der Waals surface area contributed by atoms with E-state index in [1.54, 1.807) is 24.3 Å². The summed E-state index contributed by atoms with van der Waals surface area (Å²) in [6, 6.07) is 26.5. The molecule has 0 amide bonds. The van der Waals surface area contributed by atoms with Crippen LogP contribution in [0.25, 0.3) is 0 Å². The van der Waals surface area contributed by atoms with Crippen molar-refractivity contribution >= 4 is 7.60 Å². The van der Waals surface area contributed by atoms with Gasteiger partial charge in [-0.3, -0.25) is 0 Å². The number of allylic oxidation sites excluding steroid dienone is 1. The Kier molecular flexibility index (Phi) is 8.76. The fourth-order valence-corrected chi connectivity index (χ4v) is 5.88. The second-order valence-corrected chi connectivity index (χ2v) is 10.1. The van der Waals surface area contributed by atoms with Crippen molar-refractivity contribution in [3.05, 3.63) is 108 Å². The van der Waals surface area contributed by atoms with Gasteiger partial charge in [-0.1, -0.05) is 105 Å². The van der Waals surface area contributed by atoms with Crippen LogP contribution in [0.4, 0.5) is 0 Å². The van der Waals surface area contributed by atoms with Gasteiger partial charge >= 0.3 is 7.60 Å². The molecule has 1 atom stereocenters. The summed E-state index contributed by atoms with van der Waals surface area (Å²) < 4.78 is 26.9. The molecule has 1 unspecified atom stereocenters. The fourth-order valence-electron chi connectivity index (χ4n) is 3.69. The predicted octanol–water partition coefficient (Wildman–Crippen LogP) is 8.91. The van der Waals surface area contributed by atoms with Crippen LogP contribution in [0.1, 0.15) is 55.8 Å². The fraction of sp³-hybridized carbons (Fsp3) is 0.286. The van der Waals surface area contributed by atoms with Gasteiger partial charge in [-0.15, -0.1) is 0 Å². The summed E-state index contributed by atoms with van der Waals surface area (Å²) in [6.07, 6.45) is 5.26. The van der Waals surface area contributed by atoms with Crippen molar-refractivity contribution in [3.63, 3.8) is 0 Å². The van der Waals surface area contributed by atoms with Crippen LogP contribution in [-0.2, 0) is 4.57 Å². The molecule has 0 aromatic heterocycles. The van der Waals surface area contributed by atoms with Crippen LogP contribution in [0.5, 0.6) is 11.5 Å². The highest BCUT2D eigenvalue weighted by atomic mass is 31.2. The van der Waals surface area contributed by atoms with E-state index in [-0.39, 0.29) is 0 Å². The number of hydrogen-bond acceptors (Lipinski definition) is 3. The second-order valence-electron chi connectivity index (χ2n) is 8.13. The molecule has 168 valence electrons.